The van der Waals surface area contributed by atoms with E-state index in [0.717, 1.165) is 51.4 Å². The molecule has 3 aromatic rings. The van der Waals surface area contributed by atoms with Crippen LogP contribution in [-0.2, 0) is 16.0 Å². The Bertz CT molecular complexity index is 1970. The van der Waals surface area contributed by atoms with E-state index in [9.17, 15) is 24.3 Å². The normalized spacial score (nSPS) is 33.0. The van der Waals surface area contributed by atoms with Crippen LogP contribution in [0, 0.1) is 40.3 Å². The number of ketones is 1. The van der Waals surface area contributed by atoms with Gasteiger partial charge in [0.2, 0.25) is 5.91 Å². The second-order valence-corrected chi connectivity index (χ2v) is 17.1. The lowest BCUT2D eigenvalue weighted by Gasteiger charge is -2.61. The summed E-state index contributed by atoms with van der Waals surface area (Å²) >= 11 is 0. The summed E-state index contributed by atoms with van der Waals surface area (Å²) in [4.78, 5) is 55.0. The van der Waals surface area contributed by atoms with Gasteiger partial charge in [-0.2, -0.15) is 5.10 Å². The van der Waals surface area contributed by atoms with E-state index in [1.54, 1.807) is 34.1 Å². The molecule has 2 amide bonds. The van der Waals surface area contributed by atoms with Gasteiger partial charge in [0.05, 0.1) is 22.2 Å². The van der Waals surface area contributed by atoms with Crippen molar-refractivity contribution in [3.8, 4) is 0 Å². The quantitative estimate of drug-likeness (QED) is 0.321. The van der Waals surface area contributed by atoms with Gasteiger partial charge in [0.25, 0.3) is 11.5 Å². The van der Waals surface area contributed by atoms with Crippen LogP contribution >= 0.6 is 0 Å². The lowest BCUT2D eigenvalue weighted by Crippen LogP contribution is -2.56. The Labute approximate surface area is 304 Å². The number of carbonyl (C=O) groups excluding carboxylic acids is 3. The molecule has 276 valence electrons. The summed E-state index contributed by atoms with van der Waals surface area (Å²) in [6.07, 6.45) is 9.55. The fraction of sp³-hybridized carbons (Fsp3) is 0.595. The van der Waals surface area contributed by atoms with Crippen LogP contribution in [0.15, 0.2) is 47.3 Å². The number of aromatic nitrogens is 2. The predicted molar refractivity (Wildman–Crippen MR) is 195 cm³/mol. The fourth-order valence-corrected chi connectivity index (χ4v) is 11.7. The van der Waals surface area contributed by atoms with Gasteiger partial charge in [-0.15, -0.1) is 0 Å². The summed E-state index contributed by atoms with van der Waals surface area (Å²) in [6, 6.07) is 11.7. The predicted octanol–water partition coefficient (Wildman–Crippen LogP) is 6.06. The molecule has 2 aromatic carbocycles. The minimum atomic E-state index is -0.879. The summed E-state index contributed by atoms with van der Waals surface area (Å²) in [7, 11) is 0. The van der Waals surface area contributed by atoms with E-state index in [4.69, 9.17) is 0 Å². The molecule has 10 heteroatoms. The van der Waals surface area contributed by atoms with Gasteiger partial charge in [-0.25, -0.2) is 9.49 Å². The second-order valence-electron chi connectivity index (χ2n) is 17.1. The zero-order valence-electron chi connectivity index (χ0n) is 30.5. The monoisotopic (exact) mass is 710 g/mol. The van der Waals surface area contributed by atoms with Gasteiger partial charge in [-0.1, -0.05) is 38.1 Å². The average molecular weight is 711 g/mol. The van der Waals surface area contributed by atoms with Crippen LogP contribution in [0.5, 0.6) is 0 Å². The van der Waals surface area contributed by atoms with Crippen LogP contribution in [-0.4, -0.2) is 74.5 Å². The van der Waals surface area contributed by atoms with Crippen molar-refractivity contribution in [1.82, 2.24) is 20.0 Å². The highest BCUT2D eigenvalue weighted by Gasteiger charge is 2.64. The molecule has 0 radical (unpaired) electrons. The van der Waals surface area contributed by atoms with Gasteiger partial charge in [0, 0.05) is 57.2 Å². The first kappa shape index (κ1) is 35.1. The summed E-state index contributed by atoms with van der Waals surface area (Å²) < 4.78 is 15.0. The number of piperazine rings is 1. The molecule has 4 unspecified atom stereocenters. The molecule has 52 heavy (non-hydrogen) atoms. The van der Waals surface area contributed by atoms with Gasteiger partial charge in [0.1, 0.15) is 11.6 Å². The lowest BCUT2D eigenvalue weighted by molar-refractivity contribution is -0.160. The zero-order valence-corrected chi connectivity index (χ0v) is 30.5. The number of hydrogen-bond acceptors (Lipinski definition) is 6. The number of H-pyrrole nitrogens is 1. The van der Waals surface area contributed by atoms with E-state index in [1.165, 1.54) is 6.07 Å². The molecule has 4 saturated carbocycles. The molecule has 1 saturated heterocycles. The molecule has 7 atom stereocenters. The number of benzene rings is 2. The van der Waals surface area contributed by atoms with Gasteiger partial charge in [-0.05, 0) is 110 Å². The standard InChI is InChI=1S/C42H51FN4O5/c1-40-15-11-28(48)25-27(40)8-9-31-33(40)12-16-41(2)34(31)13-17-42(41,52)18-14-37(49)46-19-21-47(22-20-46)39(51)32-23-26(7-10-35(32)43)24-36-29-5-3-4-6-30(29)38(50)45-44-36/h3-7,10,23,27,31,33-34,52H,8-9,11-22,24-25H2,1-2H3,(H,45,50)/t27-,31?,33-,34-,40?,41?,42?/m1/s1. The van der Waals surface area contributed by atoms with Crippen molar-refractivity contribution in [2.75, 3.05) is 26.2 Å². The topological polar surface area (TPSA) is 124 Å². The summed E-state index contributed by atoms with van der Waals surface area (Å²) in [5.74, 6) is 1.55. The zero-order chi connectivity index (χ0) is 36.4. The third-order valence-corrected chi connectivity index (χ3v) is 14.9. The van der Waals surface area contributed by atoms with Crippen molar-refractivity contribution < 1.29 is 23.9 Å². The number of halogens is 1. The van der Waals surface area contributed by atoms with Crippen molar-refractivity contribution in [2.24, 2.45) is 34.5 Å². The van der Waals surface area contributed by atoms with Crippen molar-refractivity contribution in [1.29, 1.82) is 0 Å². The number of fused-ring (bicyclic) bond motifs is 6. The van der Waals surface area contributed by atoms with Crippen LogP contribution in [0.3, 0.4) is 0 Å². The van der Waals surface area contributed by atoms with E-state index >= 15 is 4.39 Å². The summed E-state index contributed by atoms with van der Waals surface area (Å²) in [5, 5.41) is 20.2. The van der Waals surface area contributed by atoms with Crippen molar-refractivity contribution in [3.63, 3.8) is 0 Å². The van der Waals surface area contributed by atoms with Crippen LogP contribution in [0.25, 0.3) is 10.8 Å². The van der Waals surface area contributed by atoms with Crippen molar-refractivity contribution in [3.05, 3.63) is 75.5 Å². The first-order valence-electron chi connectivity index (χ1n) is 19.5. The van der Waals surface area contributed by atoms with Gasteiger partial charge >= 0.3 is 0 Å². The molecule has 4 aliphatic carbocycles. The molecule has 8 rings (SSSR count). The van der Waals surface area contributed by atoms with Gasteiger partial charge in [0.15, 0.2) is 0 Å². The molecular weight excluding hydrogens is 659 g/mol. The number of rotatable bonds is 6. The Morgan fingerprint density at radius 3 is 2.44 bits per heavy atom. The smallest absolute Gasteiger partial charge is 0.272 e. The van der Waals surface area contributed by atoms with E-state index in [1.807, 2.05) is 12.1 Å². The molecule has 5 aliphatic rings. The van der Waals surface area contributed by atoms with E-state index in [2.05, 4.69) is 24.0 Å². The van der Waals surface area contributed by atoms with E-state index in [0.29, 0.717) is 96.9 Å². The lowest BCUT2D eigenvalue weighted by atomic mass is 9.44. The molecule has 0 spiro atoms. The maximum absolute atomic E-state index is 15.0. The van der Waals surface area contributed by atoms with Crippen LogP contribution in [0.1, 0.15) is 106 Å². The Kier molecular flexibility index (Phi) is 8.91. The van der Waals surface area contributed by atoms with Crippen molar-refractivity contribution >= 4 is 28.4 Å². The van der Waals surface area contributed by atoms with Gasteiger partial charge in [-0.3, -0.25) is 19.2 Å². The number of aromatic amines is 1. The number of Topliss-reactive ketones (excluding diaryl/α,β-unsaturated/α-hetero) is 1. The minimum absolute atomic E-state index is 0.00467. The fourth-order valence-electron chi connectivity index (χ4n) is 11.7. The van der Waals surface area contributed by atoms with Crippen molar-refractivity contribution in [2.45, 2.75) is 96.5 Å². The Morgan fingerprint density at radius 1 is 0.923 bits per heavy atom. The minimum Gasteiger partial charge on any atom is -0.389 e. The summed E-state index contributed by atoms with van der Waals surface area (Å²) in [6.45, 7) is 6.06. The Hall–Kier alpha value is -3.92. The number of nitrogens with one attached hydrogen (secondary N) is 1. The van der Waals surface area contributed by atoms with Crippen LogP contribution in [0.2, 0.25) is 0 Å². The number of nitrogens with zero attached hydrogens (tertiary/aromatic N) is 3. The maximum Gasteiger partial charge on any atom is 0.272 e. The maximum atomic E-state index is 15.0. The van der Waals surface area contributed by atoms with Crippen LogP contribution < -0.4 is 5.56 Å². The first-order valence-corrected chi connectivity index (χ1v) is 19.5. The number of amides is 2. The largest absolute Gasteiger partial charge is 0.389 e. The van der Waals surface area contributed by atoms with Gasteiger partial charge < -0.3 is 14.9 Å². The third-order valence-electron chi connectivity index (χ3n) is 14.9. The molecule has 9 nitrogen and oxygen atoms in total. The molecule has 5 fully saturated rings. The Balaban J connectivity index is 0.873. The number of carbonyl (C=O) groups is 3. The number of aliphatic hydroxyl groups is 1. The average Bonchev–Trinajstić information content (AvgIpc) is 3.42. The first-order chi connectivity index (χ1) is 24.9. The molecule has 2 N–H and O–H groups in total. The molecule has 2 heterocycles. The van der Waals surface area contributed by atoms with Crippen LogP contribution in [0.4, 0.5) is 4.39 Å². The SMILES string of the molecule is CC12CCC(=O)C[C@H]1CCC1[C@H]2CCC2(C)[C@@H]1CCC2(O)CCC(=O)N1CCN(C(=O)c2cc(Cc3n[nH]c(=O)c4ccccc34)ccc2F)CC1. The van der Waals surface area contributed by atoms with E-state index < -0.39 is 17.3 Å². The summed E-state index contributed by atoms with van der Waals surface area (Å²) in [5.41, 5.74) is 0.161. The second kappa shape index (κ2) is 13.2. The molecular formula is C42H51FN4O5. The van der Waals surface area contributed by atoms with E-state index in [-0.39, 0.29) is 34.3 Å². The number of hydrogen-bond donors (Lipinski definition) is 2. The molecule has 1 aromatic heterocycles. The highest BCUT2D eigenvalue weighted by atomic mass is 19.1. The highest BCUT2D eigenvalue weighted by molar-refractivity contribution is 5.95. The molecule has 0 bridgehead atoms. The third kappa shape index (κ3) is 5.80. The molecule has 1 aliphatic heterocycles. The Morgan fingerprint density at radius 2 is 1.65 bits per heavy atom. The highest BCUT2D eigenvalue weighted by Crippen LogP contribution is 2.68.